The molecule has 0 amide bonds. The first-order valence-electron chi connectivity index (χ1n) is 3.17. The normalized spacial score (nSPS) is 9.75. The summed E-state index contributed by atoms with van der Waals surface area (Å²) in [7, 11) is 0. The molecule has 0 rings (SSSR count). The number of aliphatic hydroxyl groups is 1. The highest BCUT2D eigenvalue weighted by Gasteiger charge is 2.05. The van der Waals surface area contributed by atoms with Gasteiger partial charge in [-0.1, -0.05) is 34.6 Å². The maximum absolute atomic E-state index is 8.40. The second-order valence-corrected chi connectivity index (χ2v) is 2.72. The number of hydrogen-bond donors (Lipinski definition) is 1. The molecule has 1 nitrogen and oxygen atoms in total. The maximum atomic E-state index is 8.40. The van der Waals surface area contributed by atoms with E-state index in [1.165, 1.54) is 0 Å². The van der Waals surface area contributed by atoms with Gasteiger partial charge in [0.15, 0.2) is 0 Å². The lowest BCUT2D eigenvalue weighted by molar-refractivity contribution is 0.177. The summed E-state index contributed by atoms with van der Waals surface area (Å²) in [6.07, 6.45) is 0. The van der Waals surface area contributed by atoms with Crippen molar-refractivity contribution in [3.8, 4) is 0 Å². The van der Waals surface area contributed by atoms with Crippen molar-refractivity contribution in [3.05, 3.63) is 0 Å². The molecule has 0 atom stereocenters. The average Bonchev–Trinajstić information content (AvgIpc) is 1.71. The van der Waals surface area contributed by atoms with E-state index in [0.29, 0.717) is 0 Å². The summed E-state index contributed by atoms with van der Waals surface area (Å²) in [5, 5.41) is 8.40. The van der Waals surface area contributed by atoms with E-state index < -0.39 is 0 Å². The molecule has 1 N–H and O–H groups in total. The van der Waals surface area contributed by atoms with E-state index in [-0.39, 0.29) is 12.0 Å². The van der Waals surface area contributed by atoms with Crippen LogP contribution in [0, 0.1) is 5.41 Å². The zero-order valence-electron chi connectivity index (χ0n) is 6.65. The Kier molecular flexibility index (Phi) is 6.93. The van der Waals surface area contributed by atoms with Crippen molar-refractivity contribution in [2.24, 2.45) is 5.41 Å². The summed E-state index contributed by atoms with van der Waals surface area (Å²) in [4.78, 5) is 0. The van der Waals surface area contributed by atoms with E-state index in [2.05, 4.69) is 0 Å². The Labute approximate surface area is 52.7 Å². The molecule has 0 saturated carbocycles. The molecule has 8 heavy (non-hydrogen) atoms. The molecule has 0 saturated heterocycles. The van der Waals surface area contributed by atoms with Crippen LogP contribution >= 0.6 is 0 Å². The molecular weight excluding hydrogens is 100 g/mol. The van der Waals surface area contributed by atoms with Crippen molar-refractivity contribution in [3.63, 3.8) is 0 Å². The summed E-state index contributed by atoms with van der Waals surface area (Å²) in [5.41, 5.74) is 0.0972. The summed E-state index contributed by atoms with van der Waals surface area (Å²) >= 11 is 0. The van der Waals surface area contributed by atoms with Crippen LogP contribution in [-0.2, 0) is 0 Å². The largest absolute Gasteiger partial charge is 0.396 e. The van der Waals surface area contributed by atoms with Gasteiger partial charge in [0, 0.05) is 6.61 Å². The molecule has 0 aliphatic rings. The second kappa shape index (κ2) is 5.10. The van der Waals surface area contributed by atoms with Crippen molar-refractivity contribution >= 4 is 0 Å². The van der Waals surface area contributed by atoms with Gasteiger partial charge in [0.1, 0.15) is 0 Å². The van der Waals surface area contributed by atoms with Gasteiger partial charge in [0.2, 0.25) is 0 Å². The maximum Gasteiger partial charge on any atom is 0.0479 e. The van der Waals surface area contributed by atoms with E-state index in [9.17, 15) is 0 Å². The molecule has 1 heteroatoms. The van der Waals surface area contributed by atoms with E-state index in [1.807, 2.05) is 34.6 Å². The van der Waals surface area contributed by atoms with Crippen LogP contribution < -0.4 is 0 Å². The molecule has 0 aliphatic carbocycles. The lowest BCUT2D eigenvalue weighted by Gasteiger charge is -2.11. The van der Waals surface area contributed by atoms with Crippen molar-refractivity contribution in [1.29, 1.82) is 0 Å². The van der Waals surface area contributed by atoms with Crippen LogP contribution in [0.5, 0.6) is 0 Å². The highest BCUT2D eigenvalue weighted by atomic mass is 16.3. The Balaban J connectivity index is 0. The highest BCUT2D eigenvalue weighted by molar-refractivity contribution is 4.55. The summed E-state index contributed by atoms with van der Waals surface area (Å²) < 4.78 is 0. The van der Waals surface area contributed by atoms with Gasteiger partial charge in [-0.25, -0.2) is 0 Å². The van der Waals surface area contributed by atoms with Crippen LogP contribution in [0.4, 0.5) is 0 Å². The molecular formula is C7H18O. The van der Waals surface area contributed by atoms with Crippen molar-refractivity contribution in [2.75, 3.05) is 6.61 Å². The second-order valence-electron chi connectivity index (χ2n) is 2.72. The van der Waals surface area contributed by atoms with Gasteiger partial charge in [-0.05, 0) is 5.41 Å². The minimum absolute atomic E-state index is 0.0972. The fourth-order valence-electron chi connectivity index (χ4n) is 0. The standard InChI is InChI=1S/C5H12O.C2H6/c1-5(2,3)4-6;1-2/h6H,4H2,1-3H3;1-2H3. The first-order valence-corrected chi connectivity index (χ1v) is 3.17. The van der Waals surface area contributed by atoms with Gasteiger partial charge < -0.3 is 5.11 Å². The molecule has 0 bridgehead atoms. The fourth-order valence-corrected chi connectivity index (χ4v) is 0. The number of rotatable bonds is 0. The number of aliphatic hydroxyl groups excluding tert-OH is 1. The molecule has 0 fully saturated rings. The predicted molar refractivity (Wildman–Crippen MR) is 37.9 cm³/mol. The third-order valence-corrected chi connectivity index (χ3v) is 0.474. The Morgan fingerprint density at radius 3 is 1.25 bits per heavy atom. The summed E-state index contributed by atoms with van der Waals surface area (Å²) in [6.45, 7) is 10.2. The van der Waals surface area contributed by atoms with Crippen molar-refractivity contribution < 1.29 is 5.11 Å². The molecule has 0 heterocycles. The fraction of sp³-hybridized carbons (Fsp3) is 1.00. The van der Waals surface area contributed by atoms with Gasteiger partial charge in [-0.15, -0.1) is 0 Å². The van der Waals surface area contributed by atoms with Gasteiger partial charge in [0.25, 0.3) is 0 Å². The predicted octanol–water partition coefficient (Wildman–Crippen LogP) is 2.05. The molecule has 0 aromatic carbocycles. The third kappa shape index (κ3) is 16.7. The molecule has 52 valence electrons. The van der Waals surface area contributed by atoms with Gasteiger partial charge in [0.05, 0.1) is 0 Å². The van der Waals surface area contributed by atoms with Gasteiger partial charge in [-0.3, -0.25) is 0 Å². The molecule has 0 unspecified atom stereocenters. The minimum atomic E-state index is 0.0972. The first-order chi connectivity index (χ1) is 3.56. The Morgan fingerprint density at radius 1 is 1.12 bits per heavy atom. The lowest BCUT2D eigenvalue weighted by Crippen LogP contribution is -2.09. The van der Waals surface area contributed by atoms with Crippen molar-refractivity contribution in [1.82, 2.24) is 0 Å². The van der Waals surface area contributed by atoms with Crippen LogP contribution in [0.15, 0.2) is 0 Å². The Hall–Kier alpha value is -0.0400. The summed E-state index contributed by atoms with van der Waals surface area (Å²) in [5.74, 6) is 0. The van der Waals surface area contributed by atoms with Crippen LogP contribution in [-0.4, -0.2) is 11.7 Å². The third-order valence-electron chi connectivity index (χ3n) is 0.474. The van der Waals surface area contributed by atoms with E-state index in [1.54, 1.807) is 0 Å². The highest BCUT2D eigenvalue weighted by Crippen LogP contribution is 2.09. The molecule has 0 aromatic rings. The number of hydrogen-bond acceptors (Lipinski definition) is 1. The van der Waals surface area contributed by atoms with Crippen LogP contribution in [0.1, 0.15) is 34.6 Å². The Bertz CT molecular complexity index is 34.1. The van der Waals surface area contributed by atoms with E-state index in [4.69, 9.17) is 5.11 Å². The molecule has 0 aliphatic heterocycles. The molecule has 0 spiro atoms. The van der Waals surface area contributed by atoms with Gasteiger partial charge in [-0.2, -0.15) is 0 Å². The molecule has 0 radical (unpaired) electrons. The topological polar surface area (TPSA) is 20.2 Å². The Morgan fingerprint density at radius 2 is 1.25 bits per heavy atom. The SMILES string of the molecule is CC.CC(C)(C)CO. The van der Waals surface area contributed by atoms with Crippen LogP contribution in [0.2, 0.25) is 0 Å². The minimum Gasteiger partial charge on any atom is -0.396 e. The van der Waals surface area contributed by atoms with Crippen LogP contribution in [0.3, 0.4) is 0 Å². The smallest absolute Gasteiger partial charge is 0.0479 e. The monoisotopic (exact) mass is 118 g/mol. The van der Waals surface area contributed by atoms with E-state index in [0.717, 1.165) is 0 Å². The summed E-state index contributed by atoms with van der Waals surface area (Å²) in [6, 6.07) is 0. The zero-order chi connectivity index (χ0) is 7.21. The van der Waals surface area contributed by atoms with Crippen molar-refractivity contribution in [2.45, 2.75) is 34.6 Å². The average molecular weight is 118 g/mol. The van der Waals surface area contributed by atoms with E-state index >= 15 is 0 Å². The quantitative estimate of drug-likeness (QED) is 0.516. The first kappa shape index (κ1) is 10.9. The van der Waals surface area contributed by atoms with Crippen LogP contribution in [0.25, 0.3) is 0 Å². The van der Waals surface area contributed by atoms with Gasteiger partial charge >= 0.3 is 0 Å². The zero-order valence-corrected chi connectivity index (χ0v) is 6.65. The lowest BCUT2D eigenvalue weighted by atomic mass is 9.99. The molecule has 0 aromatic heterocycles.